The average Bonchev–Trinajstić information content (AvgIpc) is 2.09. The van der Waals surface area contributed by atoms with Gasteiger partial charge in [0.1, 0.15) is 0 Å². The highest BCUT2D eigenvalue weighted by atomic mass is 16.2. The van der Waals surface area contributed by atoms with E-state index >= 15 is 0 Å². The lowest BCUT2D eigenvalue weighted by atomic mass is 9.79. The van der Waals surface area contributed by atoms with E-state index in [1.54, 1.807) is 6.08 Å². The third kappa shape index (κ3) is 1.94. The molecule has 13 heavy (non-hydrogen) atoms. The molecule has 0 bridgehead atoms. The van der Waals surface area contributed by atoms with Crippen LogP contribution in [0.1, 0.15) is 27.2 Å². The number of carbonyl (C=O) groups is 2. The van der Waals surface area contributed by atoms with E-state index < -0.39 is 11.6 Å². The molecule has 0 aliphatic heterocycles. The second-order valence-electron chi connectivity index (χ2n) is 3.90. The van der Waals surface area contributed by atoms with Crippen LogP contribution in [0.3, 0.4) is 0 Å². The number of allylic oxidation sites excluding steroid dienone is 4. The molecular formula is C11H14O2. The maximum absolute atomic E-state index is 11.1. The lowest BCUT2D eigenvalue weighted by Gasteiger charge is -2.25. The molecule has 2 heteroatoms. The van der Waals surface area contributed by atoms with Gasteiger partial charge in [0.25, 0.3) is 0 Å². The summed E-state index contributed by atoms with van der Waals surface area (Å²) in [4.78, 5) is 22.0. The molecule has 0 saturated carbocycles. The van der Waals surface area contributed by atoms with E-state index in [2.05, 4.69) is 20.8 Å². The Kier molecular flexibility index (Phi) is 2.50. The Balaban J connectivity index is 2.97. The number of ketones is 2. The van der Waals surface area contributed by atoms with Gasteiger partial charge < -0.3 is 0 Å². The van der Waals surface area contributed by atoms with Crippen molar-refractivity contribution in [3.8, 4) is 0 Å². The van der Waals surface area contributed by atoms with Crippen LogP contribution in [0, 0.1) is 5.41 Å². The zero-order valence-corrected chi connectivity index (χ0v) is 8.26. The van der Waals surface area contributed by atoms with Crippen LogP contribution >= 0.6 is 0 Å². The third-order valence-corrected chi connectivity index (χ3v) is 2.61. The molecule has 1 aliphatic rings. The maximum Gasteiger partial charge on any atom is 0.225 e. The van der Waals surface area contributed by atoms with Crippen LogP contribution in [0.15, 0.2) is 23.8 Å². The summed E-state index contributed by atoms with van der Waals surface area (Å²) in [6, 6.07) is 0. The fraction of sp³-hybridized carbons (Fsp3) is 0.455. The standard InChI is InChI=1S/C11H14O2/c1-4-11(2,3)8-5-6-9(12)10(13)7-8/h5-7H,4H2,1-3H3. The molecule has 0 amide bonds. The fourth-order valence-electron chi connectivity index (χ4n) is 1.13. The van der Waals surface area contributed by atoms with Crippen LogP contribution < -0.4 is 0 Å². The second-order valence-corrected chi connectivity index (χ2v) is 3.90. The quantitative estimate of drug-likeness (QED) is 0.479. The molecule has 0 spiro atoms. The van der Waals surface area contributed by atoms with Gasteiger partial charge in [0.2, 0.25) is 11.6 Å². The Labute approximate surface area is 78.3 Å². The van der Waals surface area contributed by atoms with E-state index in [0.29, 0.717) is 0 Å². The van der Waals surface area contributed by atoms with Gasteiger partial charge in [0.05, 0.1) is 0 Å². The number of hydrogen-bond acceptors (Lipinski definition) is 2. The van der Waals surface area contributed by atoms with Crippen molar-refractivity contribution in [2.45, 2.75) is 27.2 Å². The zero-order chi connectivity index (χ0) is 10.1. The monoisotopic (exact) mass is 178 g/mol. The summed E-state index contributed by atoms with van der Waals surface area (Å²) < 4.78 is 0. The molecule has 0 heterocycles. The second kappa shape index (κ2) is 3.29. The predicted molar refractivity (Wildman–Crippen MR) is 51.3 cm³/mol. The molecule has 0 unspecified atom stereocenters. The van der Waals surface area contributed by atoms with Crippen LogP contribution in [0.25, 0.3) is 0 Å². The van der Waals surface area contributed by atoms with Crippen LogP contribution in [-0.4, -0.2) is 11.6 Å². The largest absolute Gasteiger partial charge is 0.286 e. The molecular weight excluding hydrogens is 164 g/mol. The van der Waals surface area contributed by atoms with Crippen molar-refractivity contribution in [3.05, 3.63) is 23.8 Å². The van der Waals surface area contributed by atoms with Crippen molar-refractivity contribution in [2.75, 3.05) is 0 Å². The minimum atomic E-state index is -0.421. The zero-order valence-electron chi connectivity index (χ0n) is 8.26. The number of hydrogen-bond donors (Lipinski definition) is 0. The predicted octanol–water partition coefficient (Wildman–Crippen LogP) is 2.06. The lowest BCUT2D eigenvalue weighted by Crippen LogP contribution is -2.19. The van der Waals surface area contributed by atoms with Crippen molar-refractivity contribution in [3.63, 3.8) is 0 Å². The Morgan fingerprint density at radius 1 is 1.15 bits per heavy atom. The summed E-state index contributed by atoms with van der Waals surface area (Å²) >= 11 is 0. The van der Waals surface area contributed by atoms with Gasteiger partial charge in [-0.3, -0.25) is 9.59 Å². The topological polar surface area (TPSA) is 34.1 Å². The van der Waals surface area contributed by atoms with Gasteiger partial charge in [-0.1, -0.05) is 26.8 Å². The number of carbonyl (C=O) groups excluding carboxylic acids is 2. The van der Waals surface area contributed by atoms with E-state index in [9.17, 15) is 9.59 Å². The van der Waals surface area contributed by atoms with E-state index in [4.69, 9.17) is 0 Å². The van der Waals surface area contributed by atoms with Gasteiger partial charge >= 0.3 is 0 Å². The van der Waals surface area contributed by atoms with Gasteiger partial charge in [0, 0.05) is 0 Å². The molecule has 0 atom stereocenters. The first-order valence-electron chi connectivity index (χ1n) is 4.46. The highest BCUT2D eigenvalue weighted by molar-refractivity contribution is 6.46. The summed E-state index contributed by atoms with van der Waals surface area (Å²) in [7, 11) is 0. The van der Waals surface area contributed by atoms with Crippen molar-refractivity contribution >= 4 is 11.6 Å². The third-order valence-electron chi connectivity index (χ3n) is 2.61. The molecule has 0 aromatic rings. The minimum absolute atomic E-state index is 0.0210. The van der Waals surface area contributed by atoms with E-state index in [0.717, 1.165) is 12.0 Å². The van der Waals surface area contributed by atoms with Gasteiger partial charge in [0.15, 0.2) is 0 Å². The highest BCUT2D eigenvalue weighted by Gasteiger charge is 2.24. The van der Waals surface area contributed by atoms with Gasteiger partial charge in [-0.2, -0.15) is 0 Å². The van der Waals surface area contributed by atoms with Crippen LogP contribution in [0.4, 0.5) is 0 Å². The van der Waals surface area contributed by atoms with Gasteiger partial charge in [-0.05, 0) is 29.6 Å². The van der Waals surface area contributed by atoms with Crippen LogP contribution in [-0.2, 0) is 9.59 Å². The molecule has 0 aromatic heterocycles. The highest BCUT2D eigenvalue weighted by Crippen LogP contribution is 2.31. The first-order chi connectivity index (χ1) is 5.97. The van der Waals surface area contributed by atoms with E-state index in [-0.39, 0.29) is 5.41 Å². The van der Waals surface area contributed by atoms with Crippen molar-refractivity contribution in [1.29, 1.82) is 0 Å². The summed E-state index contributed by atoms with van der Waals surface area (Å²) in [6.07, 6.45) is 5.50. The minimum Gasteiger partial charge on any atom is -0.286 e. The molecule has 1 rings (SSSR count). The molecule has 0 N–H and O–H groups in total. The first kappa shape index (κ1) is 9.90. The Hall–Kier alpha value is -1.18. The van der Waals surface area contributed by atoms with E-state index in [1.165, 1.54) is 12.2 Å². The molecule has 0 saturated heterocycles. The van der Waals surface area contributed by atoms with Crippen LogP contribution in [0.5, 0.6) is 0 Å². The van der Waals surface area contributed by atoms with Gasteiger partial charge in [-0.25, -0.2) is 0 Å². The normalized spacial score (nSPS) is 17.6. The average molecular weight is 178 g/mol. The Morgan fingerprint density at radius 2 is 1.77 bits per heavy atom. The first-order valence-corrected chi connectivity index (χ1v) is 4.46. The summed E-state index contributed by atoms with van der Waals surface area (Å²) in [5.74, 6) is -0.824. The SMILES string of the molecule is CCC(C)(C)C1=CC(=O)C(=O)C=C1. The van der Waals surface area contributed by atoms with Crippen molar-refractivity contribution in [1.82, 2.24) is 0 Å². The maximum atomic E-state index is 11.1. The van der Waals surface area contributed by atoms with Crippen molar-refractivity contribution in [2.24, 2.45) is 5.41 Å². The molecule has 70 valence electrons. The fourth-order valence-corrected chi connectivity index (χ4v) is 1.13. The molecule has 2 nitrogen and oxygen atoms in total. The lowest BCUT2D eigenvalue weighted by molar-refractivity contribution is -0.131. The van der Waals surface area contributed by atoms with Crippen molar-refractivity contribution < 1.29 is 9.59 Å². The molecule has 0 radical (unpaired) electrons. The van der Waals surface area contributed by atoms with Gasteiger partial charge in [-0.15, -0.1) is 0 Å². The Morgan fingerprint density at radius 3 is 2.23 bits per heavy atom. The molecule has 1 aliphatic carbocycles. The molecule has 0 aromatic carbocycles. The van der Waals surface area contributed by atoms with Crippen LogP contribution in [0.2, 0.25) is 0 Å². The van der Waals surface area contributed by atoms with E-state index in [1.807, 2.05) is 0 Å². The number of rotatable bonds is 2. The molecule has 0 fully saturated rings. The smallest absolute Gasteiger partial charge is 0.225 e. The summed E-state index contributed by atoms with van der Waals surface area (Å²) in [6.45, 7) is 6.19. The summed E-state index contributed by atoms with van der Waals surface area (Å²) in [5, 5.41) is 0. The Bertz CT molecular complexity index is 306. The summed E-state index contributed by atoms with van der Waals surface area (Å²) in [5.41, 5.74) is 0.923.